The summed E-state index contributed by atoms with van der Waals surface area (Å²) in [5.41, 5.74) is 0.575. The molecule has 1 amide bonds. The van der Waals surface area contributed by atoms with Crippen LogP contribution in [-0.4, -0.2) is 51.5 Å². The molecule has 1 aliphatic rings. The summed E-state index contributed by atoms with van der Waals surface area (Å²) in [5, 5.41) is 16.2. The number of carbonyl (C=O) groups is 2. The summed E-state index contributed by atoms with van der Waals surface area (Å²) in [5.74, 6) is -2.18. The first-order chi connectivity index (χ1) is 13.0. The van der Waals surface area contributed by atoms with Gasteiger partial charge in [0.25, 0.3) is 5.91 Å². The van der Waals surface area contributed by atoms with Crippen molar-refractivity contribution in [2.24, 2.45) is 11.8 Å². The van der Waals surface area contributed by atoms with Crippen LogP contribution in [0.2, 0.25) is 0 Å². The molecule has 1 aromatic heterocycles. The van der Waals surface area contributed by atoms with Gasteiger partial charge < -0.3 is 15.2 Å². The molecule has 2 heterocycles. The number of nitrogens with one attached hydrogen (secondary N) is 1. The van der Waals surface area contributed by atoms with E-state index in [0.29, 0.717) is 37.6 Å². The molecule has 8 nitrogen and oxygen atoms in total. The molecule has 3 rings (SSSR count). The first-order valence-corrected chi connectivity index (χ1v) is 8.74. The van der Waals surface area contributed by atoms with Crippen LogP contribution >= 0.6 is 0 Å². The number of rotatable bonds is 6. The first kappa shape index (κ1) is 19.0. The predicted molar refractivity (Wildman–Crippen MR) is 93.1 cm³/mol. The summed E-state index contributed by atoms with van der Waals surface area (Å²) < 4.78 is 19.8. The van der Waals surface area contributed by atoms with Gasteiger partial charge in [-0.2, -0.15) is 0 Å². The van der Waals surface area contributed by atoms with E-state index < -0.39 is 17.8 Å². The summed E-state index contributed by atoms with van der Waals surface area (Å²) in [4.78, 5) is 28.1. The van der Waals surface area contributed by atoms with E-state index in [-0.39, 0.29) is 24.1 Å². The maximum atomic E-state index is 13.1. The van der Waals surface area contributed by atoms with E-state index in [0.717, 1.165) is 0 Å². The summed E-state index contributed by atoms with van der Waals surface area (Å²) >= 11 is 0. The van der Waals surface area contributed by atoms with Gasteiger partial charge in [-0.05, 0) is 49.9 Å². The summed E-state index contributed by atoms with van der Waals surface area (Å²) in [6.45, 7) is 2.74. The molecule has 1 aliphatic heterocycles. The standard InChI is InChI=1S/C18H21FN4O4/c1-11-21-16(22-23(11)14-4-2-13(19)3-5-14)17(24)20-10-15(18(25)26)12-6-8-27-9-7-12/h2-5,12,15H,6-10H2,1H3,(H,20,24)(H,25,26). The van der Waals surface area contributed by atoms with E-state index >= 15 is 0 Å². The van der Waals surface area contributed by atoms with Gasteiger partial charge in [0.05, 0.1) is 11.6 Å². The van der Waals surface area contributed by atoms with Crippen molar-refractivity contribution in [3.63, 3.8) is 0 Å². The summed E-state index contributed by atoms with van der Waals surface area (Å²) in [6, 6.07) is 5.65. The highest BCUT2D eigenvalue weighted by molar-refractivity contribution is 5.90. The summed E-state index contributed by atoms with van der Waals surface area (Å²) in [7, 11) is 0. The number of hydrogen-bond acceptors (Lipinski definition) is 5. The van der Waals surface area contributed by atoms with E-state index in [1.54, 1.807) is 6.92 Å². The molecule has 27 heavy (non-hydrogen) atoms. The van der Waals surface area contributed by atoms with E-state index in [9.17, 15) is 19.1 Å². The number of nitrogens with zero attached hydrogens (tertiary/aromatic N) is 3. The van der Waals surface area contributed by atoms with Gasteiger partial charge in [-0.1, -0.05) is 0 Å². The Morgan fingerprint density at radius 3 is 2.63 bits per heavy atom. The van der Waals surface area contributed by atoms with Gasteiger partial charge in [0, 0.05) is 19.8 Å². The zero-order chi connectivity index (χ0) is 19.4. The molecule has 1 aromatic carbocycles. The first-order valence-electron chi connectivity index (χ1n) is 8.74. The maximum Gasteiger partial charge on any atom is 0.308 e. The quantitative estimate of drug-likeness (QED) is 0.793. The minimum atomic E-state index is -0.941. The van der Waals surface area contributed by atoms with Crippen molar-refractivity contribution in [3.05, 3.63) is 41.7 Å². The fraction of sp³-hybridized carbons (Fsp3) is 0.444. The zero-order valence-corrected chi connectivity index (χ0v) is 14.9. The van der Waals surface area contributed by atoms with Gasteiger partial charge in [-0.15, -0.1) is 5.10 Å². The molecular weight excluding hydrogens is 355 g/mol. The lowest BCUT2D eigenvalue weighted by atomic mass is 9.86. The number of carboxylic acid groups (broad SMARTS) is 1. The van der Waals surface area contributed by atoms with Crippen LogP contribution in [0.25, 0.3) is 5.69 Å². The number of amides is 1. The van der Waals surface area contributed by atoms with Crippen molar-refractivity contribution in [2.45, 2.75) is 19.8 Å². The third kappa shape index (κ3) is 4.48. The zero-order valence-electron chi connectivity index (χ0n) is 14.9. The number of carboxylic acids is 1. The number of carbonyl (C=O) groups excluding carboxylic acids is 1. The molecule has 2 aromatic rings. The van der Waals surface area contributed by atoms with Crippen molar-refractivity contribution in [1.29, 1.82) is 0 Å². The number of aromatic nitrogens is 3. The Hall–Kier alpha value is -2.81. The largest absolute Gasteiger partial charge is 0.481 e. The third-order valence-corrected chi connectivity index (χ3v) is 4.68. The maximum absolute atomic E-state index is 13.1. The molecule has 1 fully saturated rings. The Balaban J connectivity index is 1.68. The molecule has 1 saturated heterocycles. The second-order valence-corrected chi connectivity index (χ2v) is 6.48. The summed E-state index contributed by atoms with van der Waals surface area (Å²) in [6.07, 6.45) is 1.31. The topological polar surface area (TPSA) is 106 Å². The van der Waals surface area contributed by atoms with Gasteiger partial charge >= 0.3 is 5.97 Å². The molecule has 9 heteroatoms. The molecule has 0 saturated carbocycles. The molecule has 0 radical (unpaired) electrons. The fourth-order valence-electron chi connectivity index (χ4n) is 3.17. The Morgan fingerprint density at radius 1 is 1.33 bits per heavy atom. The highest BCUT2D eigenvalue weighted by atomic mass is 19.1. The van der Waals surface area contributed by atoms with Crippen LogP contribution in [-0.2, 0) is 9.53 Å². The normalized spacial score (nSPS) is 16.1. The number of benzene rings is 1. The highest BCUT2D eigenvalue weighted by Crippen LogP contribution is 2.23. The second kappa shape index (κ2) is 8.26. The van der Waals surface area contributed by atoms with E-state index in [1.165, 1.54) is 28.9 Å². The van der Waals surface area contributed by atoms with Gasteiger partial charge in [0.15, 0.2) is 0 Å². The van der Waals surface area contributed by atoms with Gasteiger partial charge in [0.1, 0.15) is 11.6 Å². The van der Waals surface area contributed by atoms with Gasteiger partial charge in [-0.25, -0.2) is 14.1 Å². The van der Waals surface area contributed by atoms with Crippen LogP contribution in [0.1, 0.15) is 29.3 Å². The highest BCUT2D eigenvalue weighted by Gasteiger charge is 2.30. The van der Waals surface area contributed by atoms with Crippen LogP contribution in [0, 0.1) is 24.6 Å². The molecule has 1 unspecified atom stereocenters. The van der Waals surface area contributed by atoms with Crippen LogP contribution in [0.5, 0.6) is 0 Å². The molecule has 1 atom stereocenters. The lowest BCUT2D eigenvalue weighted by molar-refractivity contribution is -0.144. The van der Waals surface area contributed by atoms with E-state index in [1.807, 2.05) is 0 Å². The molecule has 2 N–H and O–H groups in total. The number of halogens is 1. The van der Waals surface area contributed by atoms with Crippen LogP contribution in [0.15, 0.2) is 24.3 Å². The number of hydrogen-bond donors (Lipinski definition) is 2. The number of aliphatic carboxylic acids is 1. The Kier molecular flexibility index (Phi) is 5.80. The Morgan fingerprint density at radius 2 is 2.00 bits per heavy atom. The SMILES string of the molecule is Cc1nc(C(=O)NCC(C(=O)O)C2CCOCC2)nn1-c1ccc(F)cc1. The average molecular weight is 376 g/mol. The molecule has 144 valence electrons. The average Bonchev–Trinajstić information content (AvgIpc) is 3.05. The predicted octanol–water partition coefficient (Wildman–Crippen LogP) is 1.57. The van der Waals surface area contributed by atoms with E-state index in [4.69, 9.17) is 4.74 Å². The van der Waals surface area contributed by atoms with E-state index in [2.05, 4.69) is 15.4 Å². The van der Waals surface area contributed by atoms with Crippen molar-refractivity contribution < 1.29 is 23.8 Å². The van der Waals surface area contributed by atoms with Crippen LogP contribution < -0.4 is 5.32 Å². The minimum absolute atomic E-state index is 0.00295. The van der Waals surface area contributed by atoms with Gasteiger partial charge in [0.2, 0.25) is 5.82 Å². The second-order valence-electron chi connectivity index (χ2n) is 6.48. The Labute approximate surface area is 155 Å². The molecular formula is C18H21FN4O4. The minimum Gasteiger partial charge on any atom is -0.481 e. The third-order valence-electron chi connectivity index (χ3n) is 4.68. The number of aryl methyl sites for hydroxylation is 1. The van der Waals surface area contributed by atoms with Crippen molar-refractivity contribution in [2.75, 3.05) is 19.8 Å². The molecule has 0 bridgehead atoms. The van der Waals surface area contributed by atoms with Crippen LogP contribution in [0.3, 0.4) is 0 Å². The molecule has 0 spiro atoms. The number of ether oxygens (including phenoxy) is 1. The van der Waals surface area contributed by atoms with Crippen molar-refractivity contribution in [1.82, 2.24) is 20.1 Å². The fourth-order valence-corrected chi connectivity index (χ4v) is 3.17. The smallest absolute Gasteiger partial charge is 0.308 e. The molecule has 0 aliphatic carbocycles. The van der Waals surface area contributed by atoms with Crippen molar-refractivity contribution >= 4 is 11.9 Å². The van der Waals surface area contributed by atoms with Gasteiger partial charge in [-0.3, -0.25) is 9.59 Å². The lowest BCUT2D eigenvalue weighted by Crippen LogP contribution is -2.39. The van der Waals surface area contributed by atoms with Crippen molar-refractivity contribution in [3.8, 4) is 5.69 Å². The lowest BCUT2D eigenvalue weighted by Gasteiger charge is -2.27. The van der Waals surface area contributed by atoms with Crippen LogP contribution in [0.4, 0.5) is 4.39 Å². The monoisotopic (exact) mass is 376 g/mol. The Bertz CT molecular complexity index is 815.